The maximum atomic E-state index is 13.0. The van der Waals surface area contributed by atoms with Crippen molar-refractivity contribution in [2.45, 2.75) is 38.5 Å². The summed E-state index contributed by atoms with van der Waals surface area (Å²) < 4.78 is 0. The Hall–Kier alpha value is -2.37. The number of nitrogens with one attached hydrogen (secondary N) is 2. The highest BCUT2D eigenvalue weighted by Crippen LogP contribution is 2.35. The molecule has 0 bridgehead atoms. The largest absolute Gasteiger partial charge is 0.352 e. The van der Waals surface area contributed by atoms with E-state index in [1.165, 1.54) is 11.1 Å². The highest BCUT2D eigenvalue weighted by molar-refractivity contribution is 5.85. The quantitative estimate of drug-likeness (QED) is 0.830. The molecule has 0 spiro atoms. The van der Waals surface area contributed by atoms with Crippen LogP contribution in [0.3, 0.4) is 0 Å². The Balaban J connectivity index is 0.00000225. The molecule has 2 aliphatic heterocycles. The minimum absolute atomic E-state index is 0. The number of nitrogens with zero attached hydrogens (tertiary/aromatic N) is 1. The number of piperidine rings is 1. The van der Waals surface area contributed by atoms with Gasteiger partial charge < -0.3 is 15.5 Å². The number of fused-ring (bicyclic) bond motifs is 1. The Bertz CT molecular complexity index is 856. The fraction of sp³-hybridized carbons (Fsp3) is 0.364. The van der Waals surface area contributed by atoms with E-state index in [2.05, 4.69) is 28.8 Å². The average molecular weight is 400 g/mol. The predicted octanol–water partition coefficient (Wildman–Crippen LogP) is 2.94. The van der Waals surface area contributed by atoms with Crippen molar-refractivity contribution < 1.29 is 9.59 Å². The van der Waals surface area contributed by atoms with Gasteiger partial charge in [-0.1, -0.05) is 48.5 Å². The minimum atomic E-state index is -0.230. The zero-order chi connectivity index (χ0) is 18.8. The lowest BCUT2D eigenvalue weighted by molar-refractivity contribution is -0.141. The Morgan fingerprint density at radius 2 is 1.89 bits per heavy atom. The Kier molecular flexibility index (Phi) is 6.37. The van der Waals surface area contributed by atoms with Crippen molar-refractivity contribution in [3.63, 3.8) is 0 Å². The topological polar surface area (TPSA) is 61.4 Å². The fourth-order valence-corrected chi connectivity index (χ4v) is 4.20. The van der Waals surface area contributed by atoms with E-state index in [0.717, 1.165) is 24.2 Å². The molecule has 6 heteroatoms. The molecular formula is C22H26ClN3O2. The highest BCUT2D eigenvalue weighted by Gasteiger charge is 2.38. The summed E-state index contributed by atoms with van der Waals surface area (Å²) >= 11 is 0. The molecule has 0 saturated carbocycles. The first-order valence-corrected chi connectivity index (χ1v) is 9.53. The van der Waals surface area contributed by atoms with Crippen LogP contribution in [0.4, 0.5) is 0 Å². The molecule has 0 aromatic heterocycles. The summed E-state index contributed by atoms with van der Waals surface area (Å²) in [7, 11) is 1.80. The van der Waals surface area contributed by atoms with Gasteiger partial charge in [0, 0.05) is 33.1 Å². The van der Waals surface area contributed by atoms with E-state index < -0.39 is 0 Å². The van der Waals surface area contributed by atoms with Gasteiger partial charge in [-0.25, -0.2) is 0 Å². The van der Waals surface area contributed by atoms with Gasteiger partial charge in [0.15, 0.2) is 0 Å². The van der Waals surface area contributed by atoms with Crippen LogP contribution in [0.1, 0.15) is 41.1 Å². The molecule has 2 heterocycles. The van der Waals surface area contributed by atoms with Crippen LogP contribution in [0.5, 0.6) is 0 Å². The number of rotatable bonds is 4. The second-order valence-corrected chi connectivity index (χ2v) is 7.43. The lowest BCUT2D eigenvalue weighted by Gasteiger charge is -2.38. The number of likely N-dealkylation sites (tertiary alicyclic amines) is 1. The van der Waals surface area contributed by atoms with E-state index >= 15 is 0 Å². The first kappa shape index (κ1) is 20.4. The molecule has 2 amide bonds. The lowest BCUT2D eigenvalue weighted by Crippen LogP contribution is -2.46. The summed E-state index contributed by atoms with van der Waals surface area (Å²) in [5.74, 6) is -0.118. The Morgan fingerprint density at radius 1 is 1.14 bits per heavy atom. The number of hydrogen-bond donors (Lipinski definition) is 2. The molecule has 1 fully saturated rings. The SMILES string of the molecule is CN1C(=O)CCC(C(=O)NCc2ccc3c(c2)CNC3)C1c1ccccc1.Cl. The van der Waals surface area contributed by atoms with E-state index in [4.69, 9.17) is 0 Å². The number of benzene rings is 2. The first-order valence-electron chi connectivity index (χ1n) is 9.53. The van der Waals surface area contributed by atoms with Crippen LogP contribution in [0.2, 0.25) is 0 Å². The minimum Gasteiger partial charge on any atom is -0.352 e. The summed E-state index contributed by atoms with van der Waals surface area (Å²) in [6.45, 7) is 2.33. The molecule has 2 aliphatic rings. The van der Waals surface area contributed by atoms with E-state index in [1.54, 1.807) is 11.9 Å². The summed E-state index contributed by atoms with van der Waals surface area (Å²) in [5, 5.41) is 6.44. The molecule has 1 saturated heterocycles. The van der Waals surface area contributed by atoms with Crippen molar-refractivity contribution >= 4 is 24.2 Å². The van der Waals surface area contributed by atoms with Crippen molar-refractivity contribution in [3.8, 4) is 0 Å². The van der Waals surface area contributed by atoms with Gasteiger partial charge in [-0.3, -0.25) is 9.59 Å². The van der Waals surface area contributed by atoms with Gasteiger partial charge in [-0.15, -0.1) is 12.4 Å². The van der Waals surface area contributed by atoms with E-state index in [1.807, 2.05) is 30.3 Å². The fourth-order valence-electron chi connectivity index (χ4n) is 4.20. The third kappa shape index (κ3) is 4.05. The normalized spacial score (nSPS) is 21.0. The lowest BCUT2D eigenvalue weighted by atomic mass is 9.84. The van der Waals surface area contributed by atoms with Crippen molar-refractivity contribution in [2.75, 3.05) is 7.05 Å². The van der Waals surface area contributed by atoms with Crippen LogP contribution in [0.15, 0.2) is 48.5 Å². The molecule has 2 unspecified atom stereocenters. The average Bonchev–Trinajstić information content (AvgIpc) is 3.16. The van der Waals surface area contributed by atoms with Crippen LogP contribution >= 0.6 is 12.4 Å². The van der Waals surface area contributed by atoms with Crippen molar-refractivity contribution in [2.24, 2.45) is 5.92 Å². The Morgan fingerprint density at radius 3 is 2.68 bits per heavy atom. The van der Waals surface area contributed by atoms with Crippen molar-refractivity contribution in [1.82, 2.24) is 15.5 Å². The molecule has 2 atom stereocenters. The molecule has 28 heavy (non-hydrogen) atoms. The molecule has 2 N–H and O–H groups in total. The summed E-state index contributed by atoms with van der Waals surface area (Å²) in [4.78, 5) is 26.9. The summed E-state index contributed by atoms with van der Waals surface area (Å²) in [6, 6.07) is 16.0. The molecule has 148 valence electrons. The molecule has 2 aromatic carbocycles. The highest BCUT2D eigenvalue weighted by atomic mass is 35.5. The van der Waals surface area contributed by atoms with Crippen LogP contribution in [-0.4, -0.2) is 23.8 Å². The molecule has 4 rings (SSSR count). The van der Waals surface area contributed by atoms with Gasteiger partial charge in [0.25, 0.3) is 0 Å². The molecule has 5 nitrogen and oxygen atoms in total. The number of amides is 2. The standard InChI is InChI=1S/C22H25N3O2.ClH/c1-25-20(26)10-9-19(21(25)16-5-3-2-4-6-16)22(27)24-12-15-7-8-17-13-23-14-18(17)11-15;/h2-8,11,19,21,23H,9-10,12-14H2,1H3,(H,24,27);1H. The molecule has 0 aliphatic carbocycles. The smallest absolute Gasteiger partial charge is 0.225 e. The number of carbonyl (C=O) groups is 2. The van der Waals surface area contributed by atoms with Crippen molar-refractivity contribution in [1.29, 1.82) is 0 Å². The van der Waals surface area contributed by atoms with Gasteiger partial charge in [-0.05, 0) is 28.7 Å². The van der Waals surface area contributed by atoms with Gasteiger partial charge in [-0.2, -0.15) is 0 Å². The molecular weight excluding hydrogens is 374 g/mol. The maximum absolute atomic E-state index is 13.0. The summed E-state index contributed by atoms with van der Waals surface area (Å²) in [6.07, 6.45) is 1.01. The Labute approximate surface area is 171 Å². The van der Waals surface area contributed by atoms with Gasteiger partial charge in [0.05, 0.1) is 12.0 Å². The second kappa shape index (κ2) is 8.76. The predicted molar refractivity (Wildman–Crippen MR) is 111 cm³/mol. The maximum Gasteiger partial charge on any atom is 0.225 e. The van der Waals surface area contributed by atoms with E-state index in [0.29, 0.717) is 19.4 Å². The van der Waals surface area contributed by atoms with Crippen LogP contribution in [0.25, 0.3) is 0 Å². The molecule has 0 radical (unpaired) electrons. The zero-order valence-corrected chi connectivity index (χ0v) is 16.8. The number of carbonyl (C=O) groups excluding carboxylic acids is 2. The van der Waals surface area contributed by atoms with Gasteiger partial charge >= 0.3 is 0 Å². The summed E-state index contributed by atoms with van der Waals surface area (Å²) in [5.41, 5.74) is 4.77. The third-order valence-corrected chi connectivity index (χ3v) is 5.71. The number of halogens is 1. The van der Waals surface area contributed by atoms with E-state index in [9.17, 15) is 9.59 Å². The van der Waals surface area contributed by atoms with Crippen LogP contribution in [-0.2, 0) is 29.2 Å². The number of hydrogen-bond acceptors (Lipinski definition) is 3. The van der Waals surface area contributed by atoms with Crippen LogP contribution < -0.4 is 10.6 Å². The van der Waals surface area contributed by atoms with Gasteiger partial charge in [0.1, 0.15) is 0 Å². The monoisotopic (exact) mass is 399 g/mol. The second-order valence-electron chi connectivity index (χ2n) is 7.43. The van der Waals surface area contributed by atoms with E-state index in [-0.39, 0.29) is 36.2 Å². The first-order chi connectivity index (χ1) is 13.1. The zero-order valence-electron chi connectivity index (χ0n) is 16.0. The van der Waals surface area contributed by atoms with Crippen molar-refractivity contribution in [3.05, 3.63) is 70.8 Å². The molecule has 2 aromatic rings. The van der Waals surface area contributed by atoms with Crippen LogP contribution in [0, 0.1) is 5.92 Å². The third-order valence-electron chi connectivity index (χ3n) is 5.71. The van der Waals surface area contributed by atoms with Gasteiger partial charge in [0.2, 0.25) is 11.8 Å².